The molecular formula is C22H23N3O3. The highest BCUT2D eigenvalue weighted by Gasteiger charge is 2.25. The molecule has 6 heteroatoms. The van der Waals surface area contributed by atoms with Crippen molar-refractivity contribution in [1.82, 2.24) is 10.2 Å². The van der Waals surface area contributed by atoms with Crippen LogP contribution in [0.4, 0.5) is 5.82 Å². The topological polar surface area (TPSA) is 76.2 Å². The highest BCUT2D eigenvalue weighted by molar-refractivity contribution is 5.91. The number of hydrogen-bond donors (Lipinski definition) is 2. The third-order valence-electron chi connectivity index (χ3n) is 4.92. The van der Waals surface area contributed by atoms with Crippen LogP contribution in [0.1, 0.15) is 30.0 Å². The maximum absolute atomic E-state index is 12.3. The highest BCUT2D eigenvalue weighted by atomic mass is 16.5. The molecule has 6 nitrogen and oxygen atoms in total. The maximum atomic E-state index is 12.3. The number of aromatic amines is 1. The van der Waals surface area contributed by atoms with Gasteiger partial charge >= 0.3 is 0 Å². The highest BCUT2D eigenvalue weighted by Crippen LogP contribution is 2.39. The third kappa shape index (κ3) is 4.01. The Morgan fingerprint density at radius 2 is 1.89 bits per heavy atom. The SMILES string of the molecule is COc1ccc(-c2ccc(CC(=O)Nc3cc(C4CC4)[nH]n3)cc2)c(OC)c1. The molecule has 1 aliphatic rings. The summed E-state index contributed by atoms with van der Waals surface area (Å²) in [6, 6.07) is 15.6. The number of nitrogens with one attached hydrogen (secondary N) is 2. The lowest BCUT2D eigenvalue weighted by Gasteiger charge is -2.11. The predicted octanol–water partition coefficient (Wildman–Crippen LogP) is 4.15. The second kappa shape index (κ2) is 7.76. The van der Waals surface area contributed by atoms with Gasteiger partial charge in [0.1, 0.15) is 11.5 Å². The van der Waals surface area contributed by atoms with Crippen LogP contribution in [0.25, 0.3) is 11.1 Å². The molecule has 3 aromatic rings. The molecule has 4 rings (SSSR count). The van der Waals surface area contributed by atoms with Crippen LogP contribution in [-0.4, -0.2) is 30.3 Å². The number of H-pyrrole nitrogens is 1. The number of nitrogens with zero attached hydrogens (tertiary/aromatic N) is 1. The zero-order valence-corrected chi connectivity index (χ0v) is 16.0. The van der Waals surface area contributed by atoms with Gasteiger partial charge < -0.3 is 14.8 Å². The van der Waals surface area contributed by atoms with Crippen LogP contribution in [-0.2, 0) is 11.2 Å². The van der Waals surface area contributed by atoms with Gasteiger partial charge in [0, 0.05) is 29.3 Å². The molecule has 1 heterocycles. The number of aromatic nitrogens is 2. The Labute approximate surface area is 163 Å². The minimum Gasteiger partial charge on any atom is -0.497 e. The van der Waals surface area contributed by atoms with E-state index in [0.29, 0.717) is 18.2 Å². The summed E-state index contributed by atoms with van der Waals surface area (Å²) < 4.78 is 10.7. The average molecular weight is 377 g/mol. The van der Waals surface area contributed by atoms with Crippen molar-refractivity contribution in [2.45, 2.75) is 25.2 Å². The van der Waals surface area contributed by atoms with E-state index in [1.807, 2.05) is 48.5 Å². The summed E-state index contributed by atoms with van der Waals surface area (Å²) in [6.07, 6.45) is 2.69. The second-order valence-corrected chi connectivity index (χ2v) is 6.97. The first kappa shape index (κ1) is 18.1. The molecule has 144 valence electrons. The van der Waals surface area contributed by atoms with Crippen LogP contribution in [0.3, 0.4) is 0 Å². The Balaban J connectivity index is 1.42. The van der Waals surface area contributed by atoms with Crippen LogP contribution in [0, 0.1) is 0 Å². The zero-order valence-electron chi connectivity index (χ0n) is 16.0. The largest absolute Gasteiger partial charge is 0.497 e. The minimum atomic E-state index is -0.0800. The Morgan fingerprint density at radius 3 is 2.57 bits per heavy atom. The molecule has 0 saturated heterocycles. The van der Waals surface area contributed by atoms with Gasteiger partial charge in [-0.2, -0.15) is 5.10 Å². The van der Waals surface area contributed by atoms with Crippen molar-refractivity contribution in [1.29, 1.82) is 0 Å². The van der Waals surface area contributed by atoms with E-state index in [-0.39, 0.29) is 5.91 Å². The van der Waals surface area contributed by atoms with Gasteiger partial charge in [-0.3, -0.25) is 9.89 Å². The summed E-state index contributed by atoms with van der Waals surface area (Å²) in [5.41, 5.74) is 4.04. The van der Waals surface area contributed by atoms with E-state index in [4.69, 9.17) is 9.47 Å². The minimum absolute atomic E-state index is 0.0800. The number of carbonyl (C=O) groups excluding carboxylic acids is 1. The number of anilines is 1. The van der Waals surface area contributed by atoms with E-state index >= 15 is 0 Å². The van der Waals surface area contributed by atoms with Gasteiger partial charge in [-0.05, 0) is 36.1 Å². The molecule has 2 N–H and O–H groups in total. The molecule has 0 spiro atoms. The number of ether oxygens (including phenoxy) is 2. The fourth-order valence-electron chi connectivity index (χ4n) is 3.22. The predicted molar refractivity (Wildman–Crippen MR) is 108 cm³/mol. The first-order valence-corrected chi connectivity index (χ1v) is 9.33. The van der Waals surface area contributed by atoms with Crippen LogP contribution in [0.15, 0.2) is 48.5 Å². The van der Waals surface area contributed by atoms with E-state index in [2.05, 4.69) is 15.5 Å². The lowest BCUT2D eigenvalue weighted by Crippen LogP contribution is -2.14. The summed E-state index contributed by atoms with van der Waals surface area (Å²) in [5.74, 6) is 2.59. The normalized spacial score (nSPS) is 13.2. The Kier molecular flexibility index (Phi) is 5.02. The van der Waals surface area contributed by atoms with Crippen molar-refractivity contribution in [2.75, 3.05) is 19.5 Å². The summed E-state index contributed by atoms with van der Waals surface area (Å²) in [6.45, 7) is 0. The number of carbonyl (C=O) groups is 1. The molecule has 1 amide bonds. The quantitative estimate of drug-likeness (QED) is 0.648. The van der Waals surface area contributed by atoms with E-state index in [1.54, 1.807) is 14.2 Å². The lowest BCUT2D eigenvalue weighted by atomic mass is 10.0. The van der Waals surface area contributed by atoms with Gasteiger partial charge in [-0.25, -0.2) is 0 Å². The molecular weight excluding hydrogens is 354 g/mol. The van der Waals surface area contributed by atoms with Crippen molar-refractivity contribution in [3.63, 3.8) is 0 Å². The first-order chi connectivity index (χ1) is 13.7. The van der Waals surface area contributed by atoms with Crippen molar-refractivity contribution in [2.24, 2.45) is 0 Å². The third-order valence-corrected chi connectivity index (χ3v) is 4.92. The zero-order chi connectivity index (χ0) is 19.5. The molecule has 0 atom stereocenters. The smallest absolute Gasteiger partial charge is 0.229 e. The van der Waals surface area contributed by atoms with Crippen molar-refractivity contribution < 1.29 is 14.3 Å². The average Bonchev–Trinajstić information content (AvgIpc) is 3.47. The van der Waals surface area contributed by atoms with Crippen LogP contribution < -0.4 is 14.8 Å². The molecule has 1 aliphatic carbocycles. The van der Waals surface area contributed by atoms with Gasteiger partial charge in [0.25, 0.3) is 0 Å². The number of rotatable bonds is 7. The Hall–Kier alpha value is -3.28. The van der Waals surface area contributed by atoms with Crippen LogP contribution in [0.5, 0.6) is 11.5 Å². The summed E-state index contributed by atoms with van der Waals surface area (Å²) in [5, 5.41) is 10.0. The Bertz CT molecular complexity index is 975. The van der Waals surface area contributed by atoms with Gasteiger partial charge in [-0.1, -0.05) is 24.3 Å². The molecule has 0 unspecified atom stereocenters. The lowest BCUT2D eigenvalue weighted by molar-refractivity contribution is -0.115. The molecule has 1 aromatic heterocycles. The molecule has 1 fully saturated rings. The standard InChI is InChI=1S/C22H23N3O3/c1-27-17-9-10-18(20(12-17)28-2)15-5-3-14(4-6-15)11-22(26)23-21-13-19(24-25-21)16-7-8-16/h3-6,9-10,12-13,16H,7-8,11H2,1-2H3,(H2,23,24,25,26). The number of amides is 1. The molecule has 0 aliphatic heterocycles. The van der Waals surface area contributed by atoms with Gasteiger partial charge in [0.05, 0.1) is 20.6 Å². The van der Waals surface area contributed by atoms with Crippen LogP contribution >= 0.6 is 0 Å². The molecule has 28 heavy (non-hydrogen) atoms. The number of hydrogen-bond acceptors (Lipinski definition) is 4. The fourth-order valence-corrected chi connectivity index (χ4v) is 3.22. The fraction of sp³-hybridized carbons (Fsp3) is 0.273. The van der Waals surface area contributed by atoms with Gasteiger partial charge in [-0.15, -0.1) is 0 Å². The van der Waals surface area contributed by atoms with E-state index in [1.165, 1.54) is 12.8 Å². The Morgan fingerprint density at radius 1 is 1.11 bits per heavy atom. The summed E-state index contributed by atoms with van der Waals surface area (Å²) >= 11 is 0. The van der Waals surface area contributed by atoms with Gasteiger partial charge in [0.15, 0.2) is 5.82 Å². The summed E-state index contributed by atoms with van der Waals surface area (Å²) in [4.78, 5) is 12.3. The van der Waals surface area contributed by atoms with Crippen molar-refractivity contribution in [3.05, 3.63) is 59.8 Å². The maximum Gasteiger partial charge on any atom is 0.229 e. The molecule has 1 saturated carbocycles. The molecule has 0 bridgehead atoms. The van der Waals surface area contributed by atoms with E-state index < -0.39 is 0 Å². The molecule has 0 radical (unpaired) electrons. The van der Waals surface area contributed by atoms with Gasteiger partial charge in [0.2, 0.25) is 5.91 Å². The van der Waals surface area contributed by atoms with Crippen molar-refractivity contribution >= 4 is 11.7 Å². The second-order valence-electron chi connectivity index (χ2n) is 6.97. The van der Waals surface area contributed by atoms with Crippen molar-refractivity contribution in [3.8, 4) is 22.6 Å². The monoisotopic (exact) mass is 377 g/mol. The first-order valence-electron chi connectivity index (χ1n) is 9.33. The van der Waals surface area contributed by atoms with E-state index in [0.717, 1.165) is 33.9 Å². The number of methoxy groups -OCH3 is 2. The summed E-state index contributed by atoms with van der Waals surface area (Å²) in [7, 11) is 3.27. The van der Waals surface area contributed by atoms with Crippen LogP contribution in [0.2, 0.25) is 0 Å². The molecule has 2 aromatic carbocycles. The number of benzene rings is 2. The van der Waals surface area contributed by atoms with E-state index in [9.17, 15) is 4.79 Å².